The Bertz CT molecular complexity index is 869. The maximum Gasteiger partial charge on any atom is 0.237 e. The van der Waals surface area contributed by atoms with Gasteiger partial charge in [0.2, 0.25) is 11.8 Å². The van der Waals surface area contributed by atoms with Gasteiger partial charge in [-0.3, -0.25) is 9.59 Å². The lowest BCUT2D eigenvalue weighted by Crippen LogP contribution is -2.44. The van der Waals surface area contributed by atoms with E-state index < -0.39 is 9.84 Å². The van der Waals surface area contributed by atoms with Crippen LogP contribution in [0.3, 0.4) is 0 Å². The van der Waals surface area contributed by atoms with E-state index in [1.165, 1.54) is 24.2 Å². The third-order valence-corrected chi connectivity index (χ3v) is 8.77. The zero-order valence-electron chi connectivity index (χ0n) is 16.5. The fraction of sp³-hybridized carbons (Fsp3) is 0.600. The number of rotatable bonds is 5. The van der Waals surface area contributed by atoms with Gasteiger partial charge in [-0.15, -0.1) is 11.8 Å². The molecule has 1 aromatic rings. The zero-order chi connectivity index (χ0) is 20.5. The summed E-state index contributed by atoms with van der Waals surface area (Å²) in [6.07, 6.45) is 3.18. The van der Waals surface area contributed by atoms with E-state index in [2.05, 4.69) is 24.5 Å². The minimum atomic E-state index is -3.57. The first-order valence-electron chi connectivity index (χ1n) is 9.81. The number of anilines is 1. The fourth-order valence-corrected chi connectivity index (χ4v) is 6.11. The molecule has 1 aliphatic carbocycles. The molecule has 6 nitrogen and oxygen atoms in total. The van der Waals surface area contributed by atoms with Crippen LogP contribution in [0, 0.1) is 11.8 Å². The second-order valence-corrected chi connectivity index (χ2v) is 11.4. The summed E-state index contributed by atoms with van der Waals surface area (Å²) in [5, 5.41) is 5.53. The lowest BCUT2D eigenvalue weighted by atomic mass is 9.78. The van der Waals surface area contributed by atoms with Gasteiger partial charge in [-0.25, -0.2) is 8.42 Å². The van der Waals surface area contributed by atoms with E-state index in [0.717, 1.165) is 17.7 Å². The van der Waals surface area contributed by atoms with Crippen molar-refractivity contribution in [2.24, 2.45) is 11.8 Å². The minimum absolute atomic E-state index is 0.0443. The van der Waals surface area contributed by atoms with E-state index in [4.69, 9.17) is 0 Å². The lowest BCUT2D eigenvalue weighted by Gasteiger charge is -2.34. The molecule has 0 radical (unpaired) electrons. The highest BCUT2D eigenvalue weighted by Crippen LogP contribution is 2.37. The quantitative estimate of drug-likeness (QED) is 0.757. The van der Waals surface area contributed by atoms with Crippen LogP contribution in [0.25, 0.3) is 0 Å². The van der Waals surface area contributed by atoms with Crippen LogP contribution in [-0.4, -0.2) is 37.3 Å². The van der Waals surface area contributed by atoms with Crippen molar-refractivity contribution in [1.82, 2.24) is 5.32 Å². The van der Waals surface area contributed by atoms with Crippen LogP contribution < -0.4 is 10.6 Å². The van der Waals surface area contributed by atoms with Gasteiger partial charge in [0.05, 0.1) is 21.6 Å². The predicted octanol–water partition coefficient (Wildman–Crippen LogP) is 3.22. The molecule has 1 aliphatic heterocycles. The van der Waals surface area contributed by atoms with Crippen molar-refractivity contribution in [1.29, 1.82) is 0 Å². The van der Waals surface area contributed by atoms with Gasteiger partial charge in [0.15, 0.2) is 9.84 Å². The van der Waals surface area contributed by atoms with Gasteiger partial charge in [-0.2, -0.15) is 0 Å². The normalized spacial score (nSPS) is 27.6. The second kappa shape index (κ2) is 8.45. The molecular formula is C20H28N2O4S2. The number of hydrogen-bond donors (Lipinski definition) is 2. The van der Waals surface area contributed by atoms with E-state index in [1.54, 1.807) is 19.1 Å². The number of carbonyl (C=O) groups is 2. The van der Waals surface area contributed by atoms with Gasteiger partial charge in [0, 0.05) is 17.4 Å². The van der Waals surface area contributed by atoms with Gasteiger partial charge in [0.1, 0.15) is 0 Å². The maximum absolute atomic E-state index is 12.7. The molecule has 28 heavy (non-hydrogen) atoms. The van der Waals surface area contributed by atoms with Crippen molar-refractivity contribution in [3.05, 3.63) is 18.2 Å². The molecule has 0 aromatic heterocycles. The summed E-state index contributed by atoms with van der Waals surface area (Å²) in [6.45, 7) is 6.13. The summed E-state index contributed by atoms with van der Waals surface area (Å²) in [7, 11) is -3.57. The van der Waals surface area contributed by atoms with Crippen molar-refractivity contribution >= 4 is 39.1 Å². The fourth-order valence-electron chi connectivity index (χ4n) is 3.78. The van der Waals surface area contributed by atoms with Gasteiger partial charge < -0.3 is 10.6 Å². The Morgan fingerprint density at radius 1 is 1.25 bits per heavy atom. The van der Waals surface area contributed by atoms with Crippen molar-refractivity contribution in [2.75, 3.05) is 11.1 Å². The minimum Gasteiger partial charge on any atom is -0.353 e. The highest BCUT2D eigenvalue weighted by Gasteiger charge is 2.29. The van der Waals surface area contributed by atoms with Crippen molar-refractivity contribution in [3.63, 3.8) is 0 Å². The number of nitrogens with one attached hydrogen (secondary N) is 2. The highest BCUT2D eigenvalue weighted by atomic mass is 32.2. The number of carbonyl (C=O) groups excluding carboxylic acids is 2. The third-order valence-electron chi connectivity index (χ3n) is 5.89. The molecular weight excluding hydrogens is 396 g/mol. The van der Waals surface area contributed by atoms with E-state index >= 15 is 0 Å². The SMILES string of the molecule is CC1Sc2cc(S(=O)(=O)CCC(=O)NC3CCCC(C)C3C)ccc2NC1=O. The average Bonchev–Trinajstić information content (AvgIpc) is 2.64. The number of amides is 2. The molecule has 0 bridgehead atoms. The zero-order valence-corrected chi connectivity index (χ0v) is 18.2. The largest absolute Gasteiger partial charge is 0.353 e. The van der Waals surface area contributed by atoms with E-state index in [1.807, 2.05) is 0 Å². The molecule has 3 rings (SSSR count). The summed E-state index contributed by atoms with van der Waals surface area (Å²) in [6, 6.07) is 4.83. The molecule has 0 saturated heterocycles. The first-order chi connectivity index (χ1) is 13.2. The van der Waals surface area contributed by atoms with E-state index in [9.17, 15) is 18.0 Å². The first-order valence-corrected chi connectivity index (χ1v) is 12.3. The van der Waals surface area contributed by atoms with Gasteiger partial charge in [0.25, 0.3) is 0 Å². The maximum atomic E-state index is 12.7. The van der Waals surface area contributed by atoms with Crippen LogP contribution in [0.4, 0.5) is 5.69 Å². The Morgan fingerprint density at radius 3 is 2.75 bits per heavy atom. The Kier molecular flexibility index (Phi) is 6.39. The molecule has 2 amide bonds. The molecule has 4 atom stereocenters. The van der Waals surface area contributed by atoms with Gasteiger partial charge in [-0.05, 0) is 43.4 Å². The Morgan fingerprint density at radius 2 is 2.00 bits per heavy atom. The van der Waals surface area contributed by atoms with E-state index in [-0.39, 0.29) is 40.2 Å². The molecule has 8 heteroatoms. The molecule has 1 aromatic carbocycles. The summed E-state index contributed by atoms with van der Waals surface area (Å²) in [5.74, 6) is 0.461. The second-order valence-electron chi connectivity index (χ2n) is 7.92. The summed E-state index contributed by atoms with van der Waals surface area (Å²) >= 11 is 1.34. The van der Waals surface area contributed by atoms with Crippen LogP contribution in [-0.2, 0) is 19.4 Å². The van der Waals surface area contributed by atoms with Crippen LogP contribution in [0.1, 0.15) is 46.5 Å². The number of thioether (sulfide) groups is 1. The van der Waals surface area contributed by atoms with Crippen molar-refractivity contribution in [3.8, 4) is 0 Å². The molecule has 1 heterocycles. The molecule has 2 N–H and O–H groups in total. The Labute approximate surface area is 171 Å². The van der Waals surface area contributed by atoms with Crippen molar-refractivity contribution in [2.45, 2.75) is 67.5 Å². The standard InChI is InChI=1S/C20H28N2O4S2/c1-12-5-4-6-16(13(12)2)21-19(23)9-10-28(25,26)15-7-8-17-18(11-15)27-14(3)20(24)22-17/h7-8,11-14,16H,4-6,9-10H2,1-3H3,(H,21,23)(H,22,24). The monoisotopic (exact) mass is 424 g/mol. The number of fused-ring (bicyclic) bond motifs is 1. The Hall–Kier alpha value is -1.54. The Balaban J connectivity index is 1.62. The van der Waals surface area contributed by atoms with Gasteiger partial charge in [-0.1, -0.05) is 26.7 Å². The van der Waals surface area contributed by atoms with Crippen LogP contribution >= 0.6 is 11.8 Å². The number of sulfone groups is 1. The van der Waals surface area contributed by atoms with Crippen LogP contribution in [0.2, 0.25) is 0 Å². The number of hydrogen-bond acceptors (Lipinski definition) is 5. The summed E-state index contributed by atoms with van der Waals surface area (Å²) in [4.78, 5) is 25.0. The molecule has 1 saturated carbocycles. The molecule has 1 fully saturated rings. The average molecular weight is 425 g/mol. The van der Waals surface area contributed by atoms with Crippen molar-refractivity contribution < 1.29 is 18.0 Å². The van der Waals surface area contributed by atoms with Gasteiger partial charge >= 0.3 is 0 Å². The van der Waals surface area contributed by atoms with E-state index in [0.29, 0.717) is 17.5 Å². The lowest BCUT2D eigenvalue weighted by molar-refractivity contribution is -0.122. The van der Waals surface area contributed by atoms with Crippen LogP contribution in [0.5, 0.6) is 0 Å². The molecule has 2 aliphatic rings. The first kappa shape index (κ1) is 21.2. The molecule has 0 spiro atoms. The summed E-state index contributed by atoms with van der Waals surface area (Å²) in [5.41, 5.74) is 0.630. The topological polar surface area (TPSA) is 92.3 Å². The number of benzene rings is 1. The summed E-state index contributed by atoms with van der Waals surface area (Å²) < 4.78 is 25.4. The highest BCUT2D eigenvalue weighted by molar-refractivity contribution is 8.01. The molecule has 4 unspecified atom stereocenters. The molecule has 154 valence electrons. The smallest absolute Gasteiger partial charge is 0.237 e. The third kappa shape index (κ3) is 4.71. The van der Waals surface area contributed by atoms with Crippen LogP contribution in [0.15, 0.2) is 28.0 Å². The predicted molar refractivity (Wildman–Crippen MR) is 111 cm³/mol.